The smallest absolute Gasteiger partial charge is 0.0329 e. The molecule has 0 amide bonds. The molecule has 0 aromatic rings. The van der Waals surface area contributed by atoms with Crippen molar-refractivity contribution in [1.29, 1.82) is 0 Å². The number of rotatable bonds is 6. The normalized spacial score (nSPS) is 10.2. The van der Waals surface area contributed by atoms with Crippen LogP contribution >= 0.6 is 0 Å². The summed E-state index contributed by atoms with van der Waals surface area (Å²) in [6.45, 7) is 12.9. The molecule has 1 heteroatoms. The van der Waals surface area contributed by atoms with E-state index in [2.05, 4.69) is 25.0 Å². The van der Waals surface area contributed by atoms with E-state index in [1.807, 2.05) is 25.3 Å². The Balaban J connectivity index is 3.96. The molecule has 12 heavy (non-hydrogen) atoms. The number of unbranched alkanes of at least 4 members (excludes halogenated alkanes) is 1. The average Bonchev–Trinajstić information content (AvgIpc) is 2.06. The predicted octanol–water partition coefficient (Wildman–Crippen LogP) is 3.32. The molecule has 0 saturated carbocycles. The maximum atomic E-state index is 3.94. The van der Waals surface area contributed by atoms with Crippen molar-refractivity contribution in [1.82, 2.24) is 4.90 Å². The van der Waals surface area contributed by atoms with Crippen LogP contribution in [0, 0.1) is 0 Å². The molecule has 0 rings (SSSR count). The zero-order valence-electron chi connectivity index (χ0n) is 8.21. The number of allylic oxidation sites excluding steroid dienone is 2. The molecular formula is C11H19N. The maximum absolute atomic E-state index is 3.94. The van der Waals surface area contributed by atoms with Gasteiger partial charge >= 0.3 is 0 Å². The van der Waals surface area contributed by atoms with Crippen molar-refractivity contribution in [2.45, 2.75) is 26.7 Å². The molecule has 0 fully saturated rings. The SMILES string of the molecule is C=CN(CCCC)C(=C)C=CC. The molecule has 0 heterocycles. The standard InChI is InChI=1S/C11H19N/c1-5-8-10-12(7-3)11(4)9-6-2/h6-7,9H,3-5,8,10H2,1-2H3. The van der Waals surface area contributed by atoms with Crippen molar-refractivity contribution < 1.29 is 0 Å². The average molecular weight is 165 g/mol. The molecule has 68 valence electrons. The molecule has 0 bridgehead atoms. The number of hydrogen-bond donors (Lipinski definition) is 0. The fourth-order valence-electron chi connectivity index (χ4n) is 0.969. The van der Waals surface area contributed by atoms with E-state index in [1.54, 1.807) is 0 Å². The molecule has 0 unspecified atom stereocenters. The van der Waals surface area contributed by atoms with Gasteiger partial charge in [-0.1, -0.05) is 32.6 Å². The topological polar surface area (TPSA) is 3.24 Å². The first kappa shape index (κ1) is 11.0. The van der Waals surface area contributed by atoms with Crippen LogP contribution in [-0.2, 0) is 0 Å². The lowest BCUT2D eigenvalue weighted by Crippen LogP contribution is -2.15. The zero-order chi connectivity index (χ0) is 9.40. The summed E-state index contributed by atoms with van der Waals surface area (Å²) in [5.74, 6) is 0. The molecule has 0 aromatic carbocycles. The lowest BCUT2D eigenvalue weighted by molar-refractivity contribution is 0.464. The minimum Gasteiger partial charge on any atom is -0.349 e. The second kappa shape index (κ2) is 6.71. The Bertz CT molecular complexity index is 168. The van der Waals surface area contributed by atoms with Gasteiger partial charge in [0.25, 0.3) is 0 Å². The van der Waals surface area contributed by atoms with Crippen molar-refractivity contribution in [2.24, 2.45) is 0 Å². The van der Waals surface area contributed by atoms with Gasteiger partial charge in [0.15, 0.2) is 0 Å². The van der Waals surface area contributed by atoms with Gasteiger partial charge in [-0.15, -0.1) is 0 Å². The van der Waals surface area contributed by atoms with Gasteiger partial charge in [-0.05, 0) is 25.6 Å². The minimum atomic E-state index is 1.01. The van der Waals surface area contributed by atoms with Gasteiger partial charge in [0, 0.05) is 12.2 Å². The fraction of sp³-hybridized carbons (Fsp3) is 0.455. The summed E-state index contributed by atoms with van der Waals surface area (Å²) < 4.78 is 0. The van der Waals surface area contributed by atoms with Crippen LogP contribution in [0.25, 0.3) is 0 Å². The third kappa shape index (κ3) is 4.02. The summed E-state index contributed by atoms with van der Waals surface area (Å²) in [5, 5.41) is 0. The summed E-state index contributed by atoms with van der Waals surface area (Å²) in [7, 11) is 0. The number of hydrogen-bond acceptors (Lipinski definition) is 1. The highest BCUT2D eigenvalue weighted by Gasteiger charge is 1.97. The highest BCUT2D eigenvalue weighted by Crippen LogP contribution is 2.05. The highest BCUT2D eigenvalue weighted by atomic mass is 15.1. The molecule has 0 aromatic heterocycles. The molecular weight excluding hydrogens is 146 g/mol. The Kier molecular flexibility index (Phi) is 6.16. The summed E-state index contributed by atoms with van der Waals surface area (Å²) in [6.07, 6.45) is 8.20. The first-order valence-corrected chi connectivity index (χ1v) is 4.47. The Hall–Kier alpha value is -0.980. The van der Waals surface area contributed by atoms with Gasteiger partial charge in [-0.2, -0.15) is 0 Å². The van der Waals surface area contributed by atoms with Crippen LogP contribution in [0.4, 0.5) is 0 Å². The van der Waals surface area contributed by atoms with Crippen molar-refractivity contribution in [3.8, 4) is 0 Å². The Morgan fingerprint density at radius 1 is 1.50 bits per heavy atom. The van der Waals surface area contributed by atoms with Crippen molar-refractivity contribution >= 4 is 0 Å². The van der Waals surface area contributed by atoms with Crippen molar-refractivity contribution in [3.05, 3.63) is 37.2 Å². The van der Waals surface area contributed by atoms with E-state index in [1.165, 1.54) is 12.8 Å². The van der Waals surface area contributed by atoms with Crippen LogP contribution in [0.3, 0.4) is 0 Å². The summed E-state index contributed by atoms with van der Waals surface area (Å²) >= 11 is 0. The Morgan fingerprint density at radius 2 is 2.17 bits per heavy atom. The summed E-state index contributed by atoms with van der Waals surface area (Å²) in [5.41, 5.74) is 1.01. The summed E-state index contributed by atoms with van der Waals surface area (Å²) in [6, 6.07) is 0. The largest absolute Gasteiger partial charge is 0.349 e. The van der Waals surface area contributed by atoms with E-state index >= 15 is 0 Å². The number of nitrogens with zero attached hydrogens (tertiary/aromatic N) is 1. The maximum Gasteiger partial charge on any atom is 0.0329 e. The molecule has 0 aliphatic heterocycles. The van der Waals surface area contributed by atoms with Crippen LogP contribution in [0.5, 0.6) is 0 Å². The van der Waals surface area contributed by atoms with E-state index in [0.29, 0.717) is 0 Å². The predicted molar refractivity (Wildman–Crippen MR) is 55.8 cm³/mol. The van der Waals surface area contributed by atoms with Gasteiger partial charge in [0.2, 0.25) is 0 Å². The minimum absolute atomic E-state index is 1.01. The first-order valence-electron chi connectivity index (χ1n) is 4.47. The first-order chi connectivity index (χ1) is 5.76. The Morgan fingerprint density at radius 3 is 2.58 bits per heavy atom. The van der Waals surface area contributed by atoms with E-state index in [4.69, 9.17) is 0 Å². The van der Waals surface area contributed by atoms with Gasteiger partial charge in [-0.25, -0.2) is 0 Å². The molecule has 0 radical (unpaired) electrons. The molecule has 0 aliphatic rings. The van der Waals surface area contributed by atoms with Gasteiger partial charge in [0.05, 0.1) is 0 Å². The third-order valence-electron chi connectivity index (χ3n) is 1.70. The molecule has 0 N–H and O–H groups in total. The van der Waals surface area contributed by atoms with Crippen molar-refractivity contribution in [2.75, 3.05) is 6.54 Å². The highest BCUT2D eigenvalue weighted by molar-refractivity contribution is 5.14. The van der Waals surface area contributed by atoms with E-state index in [-0.39, 0.29) is 0 Å². The van der Waals surface area contributed by atoms with E-state index < -0.39 is 0 Å². The summed E-state index contributed by atoms with van der Waals surface area (Å²) in [4.78, 5) is 2.07. The van der Waals surface area contributed by atoms with Crippen LogP contribution in [0.2, 0.25) is 0 Å². The fourth-order valence-corrected chi connectivity index (χ4v) is 0.969. The van der Waals surface area contributed by atoms with Crippen LogP contribution < -0.4 is 0 Å². The molecule has 0 atom stereocenters. The lowest BCUT2D eigenvalue weighted by atomic mass is 10.3. The van der Waals surface area contributed by atoms with Crippen LogP contribution in [-0.4, -0.2) is 11.4 Å². The van der Waals surface area contributed by atoms with Gasteiger partial charge in [-0.3, -0.25) is 0 Å². The van der Waals surface area contributed by atoms with Crippen molar-refractivity contribution in [3.63, 3.8) is 0 Å². The molecule has 0 spiro atoms. The monoisotopic (exact) mass is 165 g/mol. The van der Waals surface area contributed by atoms with Gasteiger partial charge in [0.1, 0.15) is 0 Å². The quantitative estimate of drug-likeness (QED) is 0.546. The molecule has 0 saturated heterocycles. The zero-order valence-corrected chi connectivity index (χ0v) is 8.21. The Labute approximate surface area is 76.1 Å². The van der Waals surface area contributed by atoms with Gasteiger partial charge < -0.3 is 4.90 Å². The third-order valence-corrected chi connectivity index (χ3v) is 1.70. The lowest BCUT2D eigenvalue weighted by Gasteiger charge is -2.19. The van der Waals surface area contributed by atoms with Crippen LogP contribution in [0.15, 0.2) is 37.2 Å². The molecule has 0 aliphatic carbocycles. The van der Waals surface area contributed by atoms with E-state index in [9.17, 15) is 0 Å². The second-order valence-electron chi connectivity index (χ2n) is 2.72. The molecule has 1 nitrogen and oxygen atoms in total. The van der Waals surface area contributed by atoms with E-state index in [0.717, 1.165) is 12.2 Å². The van der Waals surface area contributed by atoms with Crippen LogP contribution in [0.1, 0.15) is 26.7 Å². The second-order valence-corrected chi connectivity index (χ2v) is 2.72.